The zero-order valence-electron chi connectivity index (χ0n) is 10.7. The summed E-state index contributed by atoms with van der Waals surface area (Å²) in [5, 5.41) is 11.9. The molecule has 0 amide bonds. The van der Waals surface area contributed by atoms with Gasteiger partial charge in [-0.1, -0.05) is 48.5 Å². The molecule has 0 aliphatic heterocycles. The van der Waals surface area contributed by atoms with Crippen molar-refractivity contribution in [1.82, 2.24) is 0 Å². The maximum absolute atomic E-state index is 10.5. The van der Waals surface area contributed by atoms with E-state index < -0.39 is 5.97 Å². The fraction of sp³-hybridized carbons (Fsp3) is 0.188. The van der Waals surface area contributed by atoms with E-state index >= 15 is 0 Å². The minimum Gasteiger partial charge on any atom is -0.481 e. The molecule has 0 aliphatic rings. The van der Waals surface area contributed by atoms with Crippen LogP contribution in [0.5, 0.6) is 0 Å². The van der Waals surface area contributed by atoms with Crippen molar-refractivity contribution in [1.29, 1.82) is 0 Å². The number of benzene rings is 2. The van der Waals surface area contributed by atoms with Crippen LogP contribution in [0.3, 0.4) is 0 Å². The number of anilines is 1. The van der Waals surface area contributed by atoms with Crippen molar-refractivity contribution in [2.24, 2.45) is 0 Å². The summed E-state index contributed by atoms with van der Waals surface area (Å²) in [7, 11) is 0. The van der Waals surface area contributed by atoms with Gasteiger partial charge in [0.05, 0.1) is 0 Å². The lowest BCUT2D eigenvalue weighted by Gasteiger charge is -2.11. The molecule has 0 aromatic heterocycles. The number of carboxylic acids is 1. The molecule has 19 heavy (non-hydrogen) atoms. The molecule has 0 saturated heterocycles. The van der Waals surface area contributed by atoms with Gasteiger partial charge >= 0.3 is 5.97 Å². The number of rotatable bonds is 6. The summed E-state index contributed by atoms with van der Waals surface area (Å²) in [6.45, 7) is 0.663. The van der Waals surface area contributed by atoms with E-state index in [4.69, 9.17) is 5.11 Å². The Balaban J connectivity index is 2.07. The van der Waals surface area contributed by atoms with Gasteiger partial charge in [-0.3, -0.25) is 4.79 Å². The van der Waals surface area contributed by atoms with Gasteiger partial charge in [-0.2, -0.15) is 0 Å². The van der Waals surface area contributed by atoms with Crippen LogP contribution in [0.2, 0.25) is 0 Å². The highest BCUT2D eigenvalue weighted by Crippen LogP contribution is 2.27. The van der Waals surface area contributed by atoms with Crippen LogP contribution < -0.4 is 5.32 Å². The average molecular weight is 255 g/mol. The Kier molecular flexibility index (Phi) is 4.56. The van der Waals surface area contributed by atoms with Crippen molar-refractivity contribution in [3.05, 3.63) is 54.6 Å². The molecule has 3 nitrogen and oxygen atoms in total. The Morgan fingerprint density at radius 1 is 1.00 bits per heavy atom. The van der Waals surface area contributed by atoms with Crippen LogP contribution in [-0.4, -0.2) is 17.6 Å². The molecule has 0 heterocycles. The molecule has 2 N–H and O–H groups in total. The lowest BCUT2D eigenvalue weighted by Crippen LogP contribution is -2.05. The van der Waals surface area contributed by atoms with Crippen LogP contribution in [0.25, 0.3) is 11.1 Å². The summed E-state index contributed by atoms with van der Waals surface area (Å²) in [5.41, 5.74) is 3.33. The van der Waals surface area contributed by atoms with Gasteiger partial charge in [0.15, 0.2) is 0 Å². The van der Waals surface area contributed by atoms with E-state index in [9.17, 15) is 4.79 Å². The molecule has 0 spiro atoms. The predicted molar refractivity (Wildman–Crippen MR) is 77.2 cm³/mol. The maximum atomic E-state index is 10.5. The molecule has 2 aromatic carbocycles. The van der Waals surface area contributed by atoms with Gasteiger partial charge in [0.25, 0.3) is 0 Å². The maximum Gasteiger partial charge on any atom is 0.303 e. The Hall–Kier alpha value is -2.29. The lowest BCUT2D eigenvalue weighted by atomic mass is 10.0. The monoisotopic (exact) mass is 255 g/mol. The van der Waals surface area contributed by atoms with Crippen molar-refractivity contribution < 1.29 is 9.90 Å². The van der Waals surface area contributed by atoms with Crippen molar-refractivity contribution in [2.75, 3.05) is 11.9 Å². The van der Waals surface area contributed by atoms with Crippen LogP contribution in [0.1, 0.15) is 12.8 Å². The number of carbonyl (C=O) groups is 1. The van der Waals surface area contributed by atoms with Crippen molar-refractivity contribution in [3.8, 4) is 11.1 Å². The summed E-state index contributed by atoms with van der Waals surface area (Å²) in [4.78, 5) is 10.5. The first-order valence-corrected chi connectivity index (χ1v) is 6.37. The number of aliphatic carboxylic acids is 1. The largest absolute Gasteiger partial charge is 0.481 e. The zero-order valence-corrected chi connectivity index (χ0v) is 10.7. The van der Waals surface area contributed by atoms with Crippen LogP contribution >= 0.6 is 0 Å². The lowest BCUT2D eigenvalue weighted by molar-refractivity contribution is -0.137. The first kappa shape index (κ1) is 13.1. The van der Waals surface area contributed by atoms with Gasteiger partial charge in [-0.25, -0.2) is 0 Å². The van der Waals surface area contributed by atoms with Gasteiger partial charge in [0.2, 0.25) is 0 Å². The van der Waals surface area contributed by atoms with Crippen LogP contribution in [-0.2, 0) is 4.79 Å². The standard InChI is InChI=1S/C16H17NO2/c18-16(19)11-6-12-17-15-10-5-4-9-14(15)13-7-2-1-3-8-13/h1-5,7-10,17H,6,11-12H2,(H,18,19). The number of para-hydroxylation sites is 1. The molecule has 98 valence electrons. The zero-order chi connectivity index (χ0) is 13.5. The molecular weight excluding hydrogens is 238 g/mol. The number of hydrogen-bond donors (Lipinski definition) is 2. The Bertz CT molecular complexity index is 537. The molecule has 0 aliphatic carbocycles. The number of hydrogen-bond acceptors (Lipinski definition) is 2. The quantitative estimate of drug-likeness (QED) is 0.775. The van der Waals surface area contributed by atoms with Crippen molar-refractivity contribution >= 4 is 11.7 Å². The van der Waals surface area contributed by atoms with Gasteiger partial charge in [0.1, 0.15) is 0 Å². The second-order valence-electron chi connectivity index (χ2n) is 4.34. The van der Waals surface area contributed by atoms with Crippen molar-refractivity contribution in [3.63, 3.8) is 0 Å². The van der Waals surface area contributed by atoms with E-state index in [0.717, 1.165) is 16.8 Å². The third-order valence-electron chi connectivity index (χ3n) is 2.89. The normalized spacial score (nSPS) is 10.1. The van der Waals surface area contributed by atoms with Crippen molar-refractivity contribution in [2.45, 2.75) is 12.8 Å². The highest BCUT2D eigenvalue weighted by molar-refractivity contribution is 5.77. The first-order valence-electron chi connectivity index (χ1n) is 6.37. The Labute approximate surface area is 112 Å². The molecule has 2 rings (SSSR count). The molecule has 0 fully saturated rings. The first-order chi connectivity index (χ1) is 9.27. The number of nitrogens with one attached hydrogen (secondary N) is 1. The topological polar surface area (TPSA) is 49.3 Å². The highest BCUT2D eigenvalue weighted by Gasteiger charge is 2.03. The third-order valence-corrected chi connectivity index (χ3v) is 2.89. The molecule has 0 unspecified atom stereocenters. The van der Waals surface area contributed by atoms with Crippen LogP contribution in [0.15, 0.2) is 54.6 Å². The molecule has 0 atom stereocenters. The second kappa shape index (κ2) is 6.59. The van der Waals surface area contributed by atoms with E-state index in [0.29, 0.717) is 13.0 Å². The fourth-order valence-electron chi connectivity index (χ4n) is 1.97. The Morgan fingerprint density at radius 3 is 2.42 bits per heavy atom. The van der Waals surface area contributed by atoms with E-state index in [1.807, 2.05) is 36.4 Å². The van der Waals surface area contributed by atoms with Gasteiger partial charge in [0, 0.05) is 24.2 Å². The predicted octanol–water partition coefficient (Wildman–Crippen LogP) is 3.63. The average Bonchev–Trinajstić information content (AvgIpc) is 2.45. The molecule has 0 saturated carbocycles. The summed E-state index contributed by atoms with van der Waals surface area (Å²) >= 11 is 0. The van der Waals surface area contributed by atoms with E-state index in [1.54, 1.807) is 0 Å². The molecule has 0 bridgehead atoms. The summed E-state index contributed by atoms with van der Waals surface area (Å²) < 4.78 is 0. The highest BCUT2D eigenvalue weighted by atomic mass is 16.4. The van der Waals surface area contributed by atoms with Gasteiger partial charge < -0.3 is 10.4 Å². The molecule has 0 radical (unpaired) electrons. The van der Waals surface area contributed by atoms with Gasteiger partial charge in [-0.05, 0) is 18.1 Å². The second-order valence-corrected chi connectivity index (χ2v) is 4.34. The molecule has 2 aromatic rings. The summed E-state index contributed by atoms with van der Waals surface area (Å²) in [5.74, 6) is -0.752. The Morgan fingerprint density at radius 2 is 1.68 bits per heavy atom. The summed E-state index contributed by atoms with van der Waals surface area (Å²) in [6.07, 6.45) is 0.818. The van der Waals surface area contributed by atoms with Gasteiger partial charge in [-0.15, -0.1) is 0 Å². The molecular formula is C16H17NO2. The number of carboxylic acid groups (broad SMARTS) is 1. The smallest absolute Gasteiger partial charge is 0.303 e. The third kappa shape index (κ3) is 3.85. The minimum absolute atomic E-state index is 0.195. The summed E-state index contributed by atoms with van der Waals surface area (Å²) in [6, 6.07) is 18.2. The molecule has 3 heteroatoms. The van der Waals surface area contributed by atoms with Crippen LogP contribution in [0, 0.1) is 0 Å². The van der Waals surface area contributed by atoms with Crippen LogP contribution in [0.4, 0.5) is 5.69 Å². The fourth-order valence-corrected chi connectivity index (χ4v) is 1.97. The van der Waals surface area contributed by atoms with E-state index in [-0.39, 0.29) is 6.42 Å². The van der Waals surface area contributed by atoms with E-state index in [2.05, 4.69) is 23.5 Å². The minimum atomic E-state index is -0.752. The SMILES string of the molecule is O=C(O)CCCNc1ccccc1-c1ccccc1. The van der Waals surface area contributed by atoms with E-state index in [1.165, 1.54) is 0 Å².